The van der Waals surface area contributed by atoms with Crippen molar-refractivity contribution in [2.24, 2.45) is 0 Å². The fourth-order valence-corrected chi connectivity index (χ4v) is 1.86. The maximum absolute atomic E-state index is 10.1. The fraction of sp³-hybridized carbons (Fsp3) is 0.786. The molecule has 0 aliphatic rings. The number of nitrogens with zero attached hydrogens (tertiary/aromatic N) is 2. The molecule has 0 saturated heterocycles. The topological polar surface area (TPSA) is 50.1 Å². The lowest BCUT2D eigenvalue weighted by Crippen LogP contribution is -2.41. The van der Waals surface area contributed by atoms with Crippen LogP contribution in [0.2, 0.25) is 0 Å². The molecule has 0 aromatic carbocycles. The Balaban J connectivity index is 2.58. The summed E-state index contributed by atoms with van der Waals surface area (Å²) in [5.74, 6) is 0. The third-order valence-electron chi connectivity index (χ3n) is 2.89. The second-order valence-corrected chi connectivity index (χ2v) is 5.79. The van der Waals surface area contributed by atoms with E-state index in [0.29, 0.717) is 13.0 Å². The van der Waals surface area contributed by atoms with Crippen molar-refractivity contribution in [3.05, 3.63) is 17.5 Å². The van der Waals surface area contributed by atoms with Crippen LogP contribution in [0.15, 0.2) is 6.07 Å². The molecule has 0 aliphatic carbocycles. The Labute approximate surface area is 110 Å². The first-order valence-corrected chi connectivity index (χ1v) is 6.84. The second-order valence-electron chi connectivity index (χ2n) is 5.79. The highest BCUT2D eigenvalue weighted by atomic mass is 16.3. The van der Waals surface area contributed by atoms with E-state index in [4.69, 9.17) is 0 Å². The van der Waals surface area contributed by atoms with E-state index in [2.05, 4.69) is 51.1 Å². The first kappa shape index (κ1) is 15.2. The Kier molecular flexibility index (Phi) is 5.35. The number of hydrogen-bond donors (Lipinski definition) is 2. The van der Waals surface area contributed by atoms with Crippen LogP contribution in [0.5, 0.6) is 0 Å². The largest absolute Gasteiger partial charge is 0.391 e. The summed E-state index contributed by atoms with van der Waals surface area (Å²) in [7, 11) is 0. The summed E-state index contributed by atoms with van der Waals surface area (Å²) in [6, 6.07) is 2.10. The van der Waals surface area contributed by atoms with Gasteiger partial charge in [-0.3, -0.25) is 4.68 Å². The van der Waals surface area contributed by atoms with Gasteiger partial charge in [0.2, 0.25) is 0 Å². The zero-order valence-corrected chi connectivity index (χ0v) is 12.3. The number of hydrogen-bond acceptors (Lipinski definition) is 3. The third-order valence-corrected chi connectivity index (χ3v) is 2.89. The van der Waals surface area contributed by atoms with Crippen LogP contribution >= 0.6 is 0 Å². The van der Waals surface area contributed by atoms with Gasteiger partial charge in [-0.2, -0.15) is 5.10 Å². The van der Waals surface area contributed by atoms with E-state index in [1.54, 1.807) is 0 Å². The Hall–Kier alpha value is -0.870. The van der Waals surface area contributed by atoms with Crippen LogP contribution in [0.1, 0.15) is 46.0 Å². The van der Waals surface area contributed by atoms with Gasteiger partial charge >= 0.3 is 0 Å². The van der Waals surface area contributed by atoms with Crippen molar-refractivity contribution in [2.45, 2.75) is 65.6 Å². The number of aliphatic hydroxyl groups excluding tert-OH is 1. The van der Waals surface area contributed by atoms with E-state index >= 15 is 0 Å². The second kappa shape index (κ2) is 6.34. The molecule has 0 radical (unpaired) electrons. The van der Waals surface area contributed by atoms with Crippen molar-refractivity contribution in [1.82, 2.24) is 15.1 Å². The molecular weight excluding hydrogens is 226 g/mol. The SMILES string of the molecule is CCc1cc(CC(O)CNC(C)(C)C)n(CC)n1. The van der Waals surface area contributed by atoms with Gasteiger partial charge in [0.15, 0.2) is 0 Å². The monoisotopic (exact) mass is 253 g/mol. The summed E-state index contributed by atoms with van der Waals surface area (Å²) in [6.07, 6.45) is 1.23. The lowest BCUT2D eigenvalue weighted by Gasteiger charge is -2.23. The highest BCUT2D eigenvalue weighted by Crippen LogP contribution is 2.09. The molecule has 0 fully saturated rings. The molecule has 1 atom stereocenters. The minimum atomic E-state index is -0.365. The van der Waals surface area contributed by atoms with Crippen molar-refractivity contribution >= 4 is 0 Å². The maximum Gasteiger partial charge on any atom is 0.0719 e. The Bertz CT molecular complexity index is 366. The quantitative estimate of drug-likeness (QED) is 0.812. The first-order valence-electron chi connectivity index (χ1n) is 6.84. The fourth-order valence-electron chi connectivity index (χ4n) is 1.86. The molecule has 4 nitrogen and oxygen atoms in total. The van der Waals surface area contributed by atoms with E-state index in [9.17, 15) is 5.11 Å². The minimum Gasteiger partial charge on any atom is -0.391 e. The van der Waals surface area contributed by atoms with E-state index in [-0.39, 0.29) is 11.6 Å². The molecule has 1 aromatic rings. The molecule has 104 valence electrons. The molecular formula is C14H27N3O. The molecule has 0 amide bonds. The summed E-state index contributed by atoms with van der Waals surface area (Å²) in [6.45, 7) is 12.0. The van der Waals surface area contributed by atoms with Crippen LogP contribution < -0.4 is 5.32 Å². The average Bonchev–Trinajstić information content (AvgIpc) is 2.68. The average molecular weight is 253 g/mol. The van der Waals surface area contributed by atoms with Crippen molar-refractivity contribution in [1.29, 1.82) is 0 Å². The van der Waals surface area contributed by atoms with Gasteiger partial charge < -0.3 is 10.4 Å². The van der Waals surface area contributed by atoms with Crippen LogP contribution in [0, 0.1) is 0 Å². The van der Waals surface area contributed by atoms with Gasteiger partial charge in [0.1, 0.15) is 0 Å². The van der Waals surface area contributed by atoms with Gasteiger partial charge in [-0.15, -0.1) is 0 Å². The molecule has 0 aliphatic heterocycles. The van der Waals surface area contributed by atoms with Crippen LogP contribution in [-0.2, 0) is 19.4 Å². The van der Waals surface area contributed by atoms with Crippen LogP contribution in [-0.4, -0.2) is 33.1 Å². The molecule has 1 heterocycles. The zero-order chi connectivity index (χ0) is 13.8. The molecule has 1 rings (SSSR count). The van der Waals surface area contributed by atoms with Crippen molar-refractivity contribution in [2.75, 3.05) is 6.54 Å². The van der Waals surface area contributed by atoms with Gasteiger partial charge in [-0.1, -0.05) is 6.92 Å². The summed E-state index contributed by atoms with van der Waals surface area (Å²) in [5, 5.41) is 17.9. The molecule has 2 N–H and O–H groups in total. The number of rotatable bonds is 6. The number of nitrogens with one attached hydrogen (secondary N) is 1. The maximum atomic E-state index is 10.1. The van der Waals surface area contributed by atoms with E-state index < -0.39 is 0 Å². The van der Waals surface area contributed by atoms with Crippen LogP contribution in [0.25, 0.3) is 0 Å². The summed E-state index contributed by atoms with van der Waals surface area (Å²) in [5.41, 5.74) is 2.26. The number of aromatic nitrogens is 2. The number of β-amino-alcohol motifs (C(OH)–C–C–N with tert-alkyl or cyclic N) is 1. The highest BCUT2D eigenvalue weighted by Gasteiger charge is 2.15. The van der Waals surface area contributed by atoms with Gasteiger partial charge in [0.05, 0.1) is 11.8 Å². The Morgan fingerprint density at radius 2 is 2.06 bits per heavy atom. The standard InChI is InChI=1S/C14H27N3O/c1-6-11-8-12(17(7-2)16-11)9-13(18)10-15-14(3,4)5/h8,13,15,18H,6-7,9-10H2,1-5H3. The highest BCUT2D eigenvalue weighted by molar-refractivity contribution is 5.11. The van der Waals surface area contributed by atoms with Gasteiger partial charge in [-0.25, -0.2) is 0 Å². The summed E-state index contributed by atoms with van der Waals surface area (Å²) >= 11 is 0. The van der Waals surface area contributed by atoms with Gasteiger partial charge in [-0.05, 0) is 40.2 Å². The Morgan fingerprint density at radius 1 is 1.39 bits per heavy atom. The molecule has 1 aromatic heterocycles. The van der Waals surface area contributed by atoms with E-state index in [0.717, 1.165) is 24.4 Å². The lowest BCUT2D eigenvalue weighted by molar-refractivity contribution is 0.158. The predicted octanol–water partition coefficient (Wildman–Crippen LogP) is 1.76. The first-order chi connectivity index (χ1) is 8.35. The predicted molar refractivity (Wildman–Crippen MR) is 74.7 cm³/mol. The smallest absolute Gasteiger partial charge is 0.0719 e. The molecule has 0 bridgehead atoms. The van der Waals surface area contributed by atoms with Crippen LogP contribution in [0.3, 0.4) is 0 Å². The molecule has 0 saturated carbocycles. The molecule has 0 spiro atoms. The van der Waals surface area contributed by atoms with Crippen molar-refractivity contribution in [3.63, 3.8) is 0 Å². The number of aryl methyl sites for hydroxylation is 2. The third kappa shape index (κ3) is 4.78. The molecule has 1 unspecified atom stereocenters. The molecule has 4 heteroatoms. The normalized spacial score (nSPS) is 13.9. The van der Waals surface area contributed by atoms with Crippen molar-refractivity contribution in [3.8, 4) is 0 Å². The van der Waals surface area contributed by atoms with Crippen molar-refractivity contribution < 1.29 is 5.11 Å². The molecule has 18 heavy (non-hydrogen) atoms. The lowest BCUT2D eigenvalue weighted by atomic mass is 10.1. The van der Waals surface area contributed by atoms with Crippen LogP contribution in [0.4, 0.5) is 0 Å². The Morgan fingerprint density at radius 3 is 2.56 bits per heavy atom. The number of aliphatic hydroxyl groups is 1. The van der Waals surface area contributed by atoms with Gasteiger partial charge in [0, 0.05) is 30.7 Å². The van der Waals surface area contributed by atoms with E-state index in [1.807, 2.05) is 4.68 Å². The van der Waals surface area contributed by atoms with Gasteiger partial charge in [0.25, 0.3) is 0 Å². The minimum absolute atomic E-state index is 0.0422. The zero-order valence-electron chi connectivity index (χ0n) is 12.3. The van der Waals surface area contributed by atoms with E-state index in [1.165, 1.54) is 0 Å². The summed E-state index contributed by atoms with van der Waals surface area (Å²) < 4.78 is 1.99. The summed E-state index contributed by atoms with van der Waals surface area (Å²) in [4.78, 5) is 0.